The van der Waals surface area contributed by atoms with Gasteiger partial charge in [-0.3, -0.25) is 0 Å². The molecule has 0 heterocycles. The molecule has 1 saturated carbocycles. The highest BCUT2D eigenvalue weighted by molar-refractivity contribution is 6.36. The second kappa shape index (κ2) is 12.0. The van der Waals surface area contributed by atoms with E-state index in [-0.39, 0.29) is 6.61 Å². The highest BCUT2D eigenvalue weighted by Crippen LogP contribution is 2.35. The summed E-state index contributed by atoms with van der Waals surface area (Å²) in [6.07, 6.45) is 9.12. The predicted molar refractivity (Wildman–Crippen MR) is 126 cm³/mol. The normalized spacial score (nSPS) is 15.5. The van der Waals surface area contributed by atoms with Gasteiger partial charge in [0.15, 0.2) is 11.5 Å². The molecular formula is C24H30Cl3NO2. The summed E-state index contributed by atoms with van der Waals surface area (Å²) in [5, 5.41) is 5.51. The third-order valence-corrected chi connectivity index (χ3v) is 6.59. The van der Waals surface area contributed by atoms with Crippen molar-refractivity contribution >= 4 is 34.8 Å². The first-order valence-electron chi connectivity index (χ1n) is 10.8. The Kier molecular flexibility index (Phi) is 9.45. The molecule has 1 N–H and O–H groups in total. The van der Waals surface area contributed by atoms with Crippen LogP contribution in [-0.4, -0.2) is 12.6 Å². The van der Waals surface area contributed by atoms with Gasteiger partial charge in [0.05, 0.1) is 6.61 Å². The Morgan fingerprint density at radius 3 is 2.17 bits per heavy atom. The van der Waals surface area contributed by atoms with Gasteiger partial charge in [0.25, 0.3) is 0 Å². The number of ether oxygens (including phenoxy) is 2. The summed E-state index contributed by atoms with van der Waals surface area (Å²) >= 11 is 19.1. The van der Waals surface area contributed by atoms with Crippen LogP contribution < -0.4 is 14.8 Å². The third-order valence-electron chi connectivity index (χ3n) is 5.53. The second-order valence-electron chi connectivity index (χ2n) is 7.74. The van der Waals surface area contributed by atoms with Crippen LogP contribution in [0.15, 0.2) is 30.3 Å². The van der Waals surface area contributed by atoms with E-state index in [1.54, 1.807) is 12.1 Å². The van der Waals surface area contributed by atoms with Gasteiger partial charge in [-0.2, -0.15) is 0 Å². The van der Waals surface area contributed by atoms with Crippen molar-refractivity contribution in [3.63, 3.8) is 0 Å². The van der Waals surface area contributed by atoms with E-state index in [2.05, 4.69) is 5.32 Å². The van der Waals surface area contributed by atoms with Crippen LogP contribution in [0.25, 0.3) is 0 Å². The molecule has 0 radical (unpaired) electrons. The summed E-state index contributed by atoms with van der Waals surface area (Å²) in [7, 11) is 0. The summed E-state index contributed by atoms with van der Waals surface area (Å²) in [5.41, 5.74) is 1.76. The lowest BCUT2D eigenvalue weighted by atomic mass is 9.96. The number of hydrogen-bond donors (Lipinski definition) is 1. The van der Waals surface area contributed by atoms with Crippen molar-refractivity contribution in [2.45, 2.75) is 71.1 Å². The topological polar surface area (TPSA) is 30.5 Å². The van der Waals surface area contributed by atoms with Gasteiger partial charge in [-0.25, -0.2) is 0 Å². The largest absolute Gasteiger partial charge is 0.490 e. The van der Waals surface area contributed by atoms with Crippen LogP contribution in [0.5, 0.6) is 11.5 Å². The average Bonchev–Trinajstić information content (AvgIpc) is 2.69. The minimum absolute atomic E-state index is 0.245. The minimum atomic E-state index is 0.245. The molecule has 0 atom stereocenters. The summed E-state index contributed by atoms with van der Waals surface area (Å²) in [4.78, 5) is 0. The van der Waals surface area contributed by atoms with Crippen LogP contribution >= 0.6 is 34.8 Å². The van der Waals surface area contributed by atoms with Crippen LogP contribution in [0, 0.1) is 0 Å². The van der Waals surface area contributed by atoms with E-state index >= 15 is 0 Å². The van der Waals surface area contributed by atoms with Crippen molar-refractivity contribution in [2.75, 3.05) is 6.61 Å². The standard InChI is InChI=1S/C24H30Cl3NO2/c1-2-29-23-13-17(15-28-18-9-6-4-3-5-7-10-18)22(27)14-24(23)30-16-19-20(25)11-8-12-21(19)26/h8,11-14,18,28H,2-7,9-10,15-16H2,1H3. The van der Waals surface area contributed by atoms with Gasteiger partial charge in [0.2, 0.25) is 0 Å². The molecule has 30 heavy (non-hydrogen) atoms. The highest BCUT2D eigenvalue weighted by atomic mass is 35.5. The molecule has 3 nitrogen and oxygen atoms in total. The Bertz CT molecular complexity index is 800. The molecule has 1 aliphatic rings. The molecule has 1 fully saturated rings. The van der Waals surface area contributed by atoms with Gasteiger partial charge in [-0.15, -0.1) is 0 Å². The number of benzene rings is 2. The van der Waals surface area contributed by atoms with Crippen LogP contribution in [-0.2, 0) is 13.2 Å². The van der Waals surface area contributed by atoms with E-state index in [4.69, 9.17) is 44.3 Å². The van der Waals surface area contributed by atoms with Gasteiger partial charge in [-0.1, -0.05) is 73.0 Å². The zero-order valence-electron chi connectivity index (χ0n) is 17.5. The van der Waals surface area contributed by atoms with Crippen LogP contribution in [0.2, 0.25) is 15.1 Å². The fourth-order valence-electron chi connectivity index (χ4n) is 3.83. The first-order chi connectivity index (χ1) is 14.6. The Morgan fingerprint density at radius 2 is 1.50 bits per heavy atom. The van der Waals surface area contributed by atoms with Crippen molar-refractivity contribution in [3.8, 4) is 11.5 Å². The van der Waals surface area contributed by atoms with Crippen molar-refractivity contribution in [3.05, 3.63) is 56.5 Å². The number of halogens is 3. The van der Waals surface area contributed by atoms with Crippen molar-refractivity contribution in [2.24, 2.45) is 0 Å². The van der Waals surface area contributed by atoms with E-state index in [0.29, 0.717) is 39.2 Å². The lowest BCUT2D eigenvalue weighted by Crippen LogP contribution is -2.29. The molecule has 0 aliphatic heterocycles. The predicted octanol–water partition coefficient (Wildman–Crippen LogP) is 7.83. The van der Waals surface area contributed by atoms with E-state index in [0.717, 1.165) is 17.7 Å². The van der Waals surface area contributed by atoms with Gasteiger partial charge < -0.3 is 14.8 Å². The monoisotopic (exact) mass is 469 g/mol. The average molecular weight is 471 g/mol. The minimum Gasteiger partial charge on any atom is -0.490 e. The third kappa shape index (κ3) is 6.68. The summed E-state index contributed by atoms with van der Waals surface area (Å²) in [6.45, 7) is 3.46. The maximum Gasteiger partial charge on any atom is 0.163 e. The molecule has 0 saturated heterocycles. The van der Waals surface area contributed by atoms with Gasteiger partial charge >= 0.3 is 0 Å². The smallest absolute Gasteiger partial charge is 0.163 e. The zero-order chi connectivity index (χ0) is 21.3. The van der Waals surface area contributed by atoms with E-state index in [9.17, 15) is 0 Å². The van der Waals surface area contributed by atoms with Gasteiger partial charge in [-0.05, 0) is 43.5 Å². The summed E-state index contributed by atoms with van der Waals surface area (Å²) < 4.78 is 11.8. The van der Waals surface area contributed by atoms with Gasteiger partial charge in [0.1, 0.15) is 6.61 Å². The van der Waals surface area contributed by atoms with Crippen molar-refractivity contribution in [1.82, 2.24) is 5.32 Å². The second-order valence-corrected chi connectivity index (χ2v) is 8.96. The highest BCUT2D eigenvalue weighted by Gasteiger charge is 2.15. The van der Waals surface area contributed by atoms with Crippen LogP contribution in [0.3, 0.4) is 0 Å². The van der Waals surface area contributed by atoms with Gasteiger partial charge in [0, 0.05) is 39.3 Å². The SMILES string of the molecule is CCOc1cc(CNC2CCCCCCC2)c(Cl)cc1OCc1c(Cl)cccc1Cl. The molecule has 0 bridgehead atoms. The maximum atomic E-state index is 6.59. The number of hydrogen-bond acceptors (Lipinski definition) is 3. The fourth-order valence-corrected chi connectivity index (χ4v) is 4.56. The van der Waals surface area contributed by atoms with Crippen LogP contribution in [0.4, 0.5) is 0 Å². The van der Waals surface area contributed by atoms with E-state index < -0.39 is 0 Å². The van der Waals surface area contributed by atoms with Crippen LogP contribution in [0.1, 0.15) is 63.0 Å². The molecule has 0 unspecified atom stereocenters. The molecule has 2 aromatic carbocycles. The Labute approximate surface area is 195 Å². The quantitative estimate of drug-likeness (QED) is 0.426. The first kappa shape index (κ1) is 23.5. The fraction of sp³-hybridized carbons (Fsp3) is 0.500. The molecule has 164 valence electrons. The zero-order valence-corrected chi connectivity index (χ0v) is 19.8. The summed E-state index contributed by atoms with van der Waals surface area (Å²) in [6, 6.07) is 9.77. The molecule has 6 heteroatoms. The number of nitrogens with one attached hydrogen (secondary N) is 1. The van der Waals surface area contributed by atoms with E-state index in [1.807, 2.05) is 25.1 Å². The van der Waals surface area contributed by atoms with Crippen molar-refractivity contribution < 1.29 is 9.47 Å². The molecule has 0 amide bonds. The Hall–Kier alpha value is -1.13. The Morgan fingerprint density at radius 1 is 0.867 bits per heavy atom. The maximum absolute atomic E-state index is 6.59. The Balaban J connectivity index is 1.70. The molecular weight excluding hydrogens is 441 g/mol. The number of rotatable bonds is 8. The molecule has 0 aromatic heterocycles. The first-order valence-corrected chi connectivity index (χ1v) is 12.0. The molecule has 1 aliphatic carbocycles. The van der Waals surface area contributed by atoms with Crippen molar-refractivity contribution in [1.29, 1.82) is 0 Å². The molecule has 2 aromatic rings. The lowest BCUT2D eigenvalue weighted by Gasteiger charge is -2.22. The molecule has 3 rings (SSSR count). The lowest BCUT2D eigenvalue weighted by molar-refractivity contribution is 0.269. The van der Waals surface area contributed by atoms with E-state index in [1.165, 1.54) is 44.9 Å². The molecule has 0 spiro atoms. The summed E-state index contributed by atoms with van der Waals surface area (Å²) in [5.74, 6) is 1.27.